The van der Waals surface area contributed by atoms with E-state index in [1.807, 2.05) is 0 Å². The van der Waals surface area contributed by atoms with Gasteiger partial charge in [-0.25, -0.2) is 9.48 Å². The molecule has 1 saturated heterocycles. The van der Waals surface area contributed by atoms with Gasteiger partial charge in [-0.2, -0.15) is 0 Å². The molecule has 2 amide bonds. The van der Waals surface area contributed by atoms with Crippen molar-refractivity contribution in [2.24, 2.45) is 0 Å². The van der Waals surface area contributed by atoms with Gasteiger partial charge in [0.05, 0.1) is 43.1 Å². The molecule has 1 aliphatic rings. The maximum atomic E-state index is 12.7. The Labute approximate surface area is 214 Å². The van der Waals surface area contributed by atoms with Crippen LogP contribution in [0.1, 0.15) is 48.0 Å². The number of rotatable bonds is 6. The van der Waals surface area contributed by atoms with Crippen LogP contribution in [0.5, 0.6) is 0 Å². The SMILES string of the molecule is CC(C)(C)OC(=O)Nc1ccc(CO)cc1C(=N)c1cn(-c2ccc(C(=O)N3CCOCC3)cc2)nn1. The Bertz CT molecular complexity index is 1290. The third-order valence-corrected chi connectivity index (χ3v) is 5.60. The second-order valence-electron chi connectivity index (χ2n) is 9.54. The Morgan fingerprint density at radius 2 is 1.84 bits per heavy atom. The first-order valence-electron chi connectivity index (χ1n) is 11.9. The van der Waals surface area contributed by atoms with Gasteiger partial charge in [-0.05, 0) is 62.7 Å². The molecule has 0 atom stereocenters. The van der Waals surface area contributed by atoms with Crippen LogP contribution in [0.15, 0.2) is 48.7 Å². The third-order valence-electron chi connectivity index (χ3n) is 5.60. The summed E-state index contributed by atoms with van der Waals surface area (Å²) >= 11 is 0. The van der Waals surface area contributed by atoms with E-state index in [0.29, 0.717) is 54.4 Å². The van der Waals surface area contributed by atoms with E-state index in [0.717, 1.165) is 0 Å². The van der Waals surface area contributed by atoms with Crippen LogP contribution in [0, 0.1) is 5.41 Å². The molecule has 194 valence electrons. The number of nitrogens with one attached hydrogen (secondary N) is 2. The summed E-state index contributed by atoms with van der Waals surface area (Å²) in [4.78, 5) is 26.8. The summed E-state index contributed by atoms with van der Waals surface area (Å²) in [7, 11) is 0. The van der Waals surface area contributed by atoms with Crippen molar-refractivity contribution in [3.8, 4) is 5.69 Å². The standard InChI is InChI=1S/C26H30N6O5/c1-26(2,3)37-25(35)28-21-9-4-17(16-33)14-20(21)23(27)22-15-32(30-29-22)19-7-5-18(6-8-19)24(34)31-10-12-36-13-11-31/h4-9,14-15,27,33H,10-13,16H2,1-3H3,(H,28,35). The zero-order chi connectivity index (χ0) is 26.6. The number of aliphatic hydroxyl groups excluding tert-OH is 1. The van der Waals surface area contributed by atoms with Crippen molar-refractivity contribution >= 4 is 23.4 Å². The van der Waals surface area contributed by atoms with Gasteiger partial charge in [0.15, 0.2) is 0 Å². The number of morpholine rings is 1. The van der Waals surface area contributed by atoms with Crippen molar-refractivity contribution in [3.05, 3.63) is 71.0 Å². The van der Waals surface area contributed by atoms with Crippen molar-refractivity contribution < 1.29 is 24.2 Å². The second kappa shape index (κ2) is 10.9. The Hall–Kier alpha value is -4.09. The van der Waals surface area contributed by atoms with Gasteiger partial charge >= 0.3 is 6.09 Å². The number of hydrogen-bond acceptors (Lipinski definition) is 8. The lowest BCUT2D eigenvalue weighted by atomic mass is 10.0. The van der Waals surface area contributed by atoms with E-state index in [1.54, 1.807) is 74.3 Å². The summed E-state index contributed by atoms with van der Waals surface area (Å²) in [6.07, 6.45) is 0.929. The maximum Gasteiger partial charge on any atom is 0.412 e. The van der Waals surface area contributed by atoms with Crippen molar-refractivity contribution in [1.82, 2.24) is 19.9 Å². The number of benzene rings is 2. The Balaban J connectivity index is 1.53. The van der Waals surface area contributed by atoms with E-state index in [2.05, 4.69) is 15.6 Å². The van der Waals surface area contributed by atoms with E-state index < -0.39 is 11.7 Å². The summed E-state index contributed by atoms with van der Waals surface area (Å²) < 4.78 is 12.1. The molecule has 2 aromatic carbocycles. The molecule has 1 aromatic heterocycles. The lowest BCUT2D eigenvalue weighted by Gasteiger charge is -2.26. The molecule has 2 heterocycles. The van der Waals surface area contributed by atoms with Gasteiger partial charge in [-0.1, -0.05) is 11.3 Å². The number of hydrogen-bond donors (Lipinski definition) is 3. The van der Waals surface area contributed by atoms with Crippen LogP contribution in [0.4, 0.5) is 10.5 Å². The number of carbonyl (C=O) groups is 2. The van der Waals surface area contributed by atoms with Crippen molar-refractivity contribution in [1.29, 1.82) is 5.41 Å². The molecule has 4 rings (SSSR count). The number of amides is 2. The molecular formula is C26H30N6O5. The van der Waals surface area contributed by atoms with E-state index in [9.17, 15) is 14.7 Å². The summed E-state index contributed by atoms with van der Waals surface area (Å²) in [6.45, 7) is 7.25. The van der Waals surface area contributed by atoms with E-state index in [-0.39, 0.29) is 23.9 Å². The fourth-order valence-corrected chi connectivity index (χ4v) is 3.77. The van der Waals surface area contributed by atoms with Gasteiger partial charge in [0.2, 0.25) is 0 Å². The molecule has 1 aliphatic heterocycles. The van der Waals surface area contributed by atoms with Gasteiger partial charge in [0, 0.05) is 24.2 Å². The Morgan fingerprint density at radius 3 is 2.49 bits per heavy atom. The molecule has 1 fully saturated rings. The predicted molar refractivity (Wildman–Crippen MR) is 136 cm³/mol. The minimum Gasteiger partial charge on any atom is -0.444 e. The number of carbonyl (C=O) groups excluding carboxylic acids is 2. The first-order valence-corrected chi connectivity index (χ1v) is 11.9. The van der Waals surface area contributed by atoms with Crippen molar-refractivity contribution in [2.45, 2.75) is 33.0 Å². The van der Waals surface area contributed by atoms with Crippen molar-refractivity contribution in [3.63, 3.8) is 0 Å². The number of anilines is 1. The molecule has 3 aromatic rings. The minimum absolute atomic E-state index is 0.00623. The quantitative estimate of drug-likeness (QED) is 0.436. The highest BCUT2D eigenvalue weighted by atomic mass is 16.6. The summed E-state index contributed by atoms with van der Waals surface area (Å²) in [5.74, 6) is -0.0512. The van der Waals surface area contributed by atoms with Crippen molar-refractivity contribution in [2.75, 3.05) is 31.6 Å². The molecule has 0 radical (unpaired) electrons. The molecule has 3 N–H and O–H groups in total. The highest BCUT2D eigenvalue weighted by molar-refractivity contribution is 6.14. The highest BCUT2D eigenvalue weighted by Gasteiger charge is 2.21. The van der Waals surface area contributed by atoms with Gasteiger partial charge in [-0.15, -0.1) is 5.10 Å². The number of aromatic nitrogens is 3. The number of ether oxygens (including phenoxy) is 2. The van der Waals surface area contributed by atoms with Gasteiger partial charge < -0.3 is 19.5 Å². The average molecular weight is 507 g/mol. The monoisotopic (exact) mass is 506 g/mol. The first kappa shape index (κ1) is 26.0. The molecule has 37 heavy (non-hydrogen) atoms. The third kappa shape index (κ3) is 6.38. The zero-order valence-electron chi connectivity index (χ0n) is 21.0. The van der Waals surface area contributed by atoms with Crippen LogP contribution in [-0.2, 0) is 16.1 Å². The highest BCUT2D eigenvalue weighted by Crippen LogP contribution is 2.23. The van der Waals surface area contributed by atoms with E-state index in [1.165, 1.54) is 4.68 Å². The lowest BCUT2D eigenvalue weighted by Crippen LogP contribution is -2.40. The lowest BCUT2D eigenvalue weighted by molar-refractivity contribution is 0.0303. The topological polar surface area (TPSA) is 143 Å². The minimum atomic E-state index is -0.687. The molecule has 11 heteroatoms. The summed E-state index contributed by atoms with van der Waals surface area (Å²) in [5, 5.41) is 29.3. The van der Waals surface area contributed by atoms with Crippen LogP contribution in [0.25, 0.3) is 5.69 Å². The molecular weight excluding hydrogens is 476 g/mol. The molecule has 0 spiro atoms. The molecule has 0 bridgehead atoms. The summed E-state index contributed by atoms with van der Waals surface area (Å²) in [6, 6.07) is 11.9. The van der Waals surface area contributed by atoms with Crippen LogP contribution in [0.2, 0.25) is 0 Å². The van der Waals surface area contributed by atoms with Gasteiger partial charge in [0.25, 0.3) is 5.91 Å². The Kier molecular flexibility index (Phi) is 7.65. The normalized spacial score (nSPS) is 13.8. The van der Waals surface area contributed by atoms with Gasteiger partial charge in [0.1, 0.15) is 11.3 Å². The second-order valence-corrected chi connectivity index (χ2v) is 9.54. The van der Waals surface area contributed by atoms with Crippen LogP contribution >= 0.6 is 0 Å². The first-order chi connectivity index (χ1) is 17.6. The molecule has 11 nitrogen and oxygen atoms in total. The fourth-order valence-electron chi connectivity index (χ4n) is 3.77. The van der Waals surface area contributed by atoms with Crippen LogP contribution in [-0.4, -0.2) is 74.6 Å². The summed E-state index contributed by atoms with van der Waals surface area (Å²) in [5.41, 5.74) is 2.09. The number of nitrogens with zero attached hydrogens (tertiary/aromatic N) is 4. The smallest absolute Gasteiger partial charge is 0.412 e. The number of aliphatic hydroxyl groups is 1. The van der Waals surface area contributed by atoms with E-state index in [4.69, 9.17) is 14.9 Å². The molecule has 0 unspecified atom stereocenters. The Morgan fingerprint density at radius 1 is 1.14 bits per heavy atom. The molecule has 0 saturated carbocycles. The maximum absolute atomic E-state index is 12.7. The van der Waals surface area contributed by atoms with E-state index >= 15 is 0 Å². The predicted octanol–water partition coefficient (Wildman–Crippen LogP) is 3.00. The molecule has 0 aliphatic carbocycles. The zero-order valence-corrected chi connectivity index (χ0v) is 21.0. The largest absolute Gasteiger partial charge is 0.444 e. The van der Waals surface area contributed by atoms with Crippen LogP contribution in [0.3, 0.4) is 0 Å². The van der Waals surface area contributed by atoms with Gasteiger partial charge in [-0.3, -0.25) is 15.5 Å². The average Bonchev–Trinajstić information content (AvgIpc) is 3.38. The van der Waals surface area contributed by atoms with Crippen LogP contribution < -0.4 is 5.32 Å². The fraction of sp³-hybridized carbons (Fsp3) is 0.346.